The van der Waals surface area contributed by atoms with Crippen LogP contribution < -0.4 is 0 Å². The molecule has 0 aromatic heterocycles. The first-order valence-electron chi connectivity index (χ1n) is 5.58. The van der Waals surface area contributed by atoms with E-state index in [1.54, 1.807) is 13.0 Å². The summed E-state index contributed by atoms with van der Waals surface area (Å²) >= 11 is 0. The number of hydrogen-bond donors (Lipinski definition) is 1. The van der Waals surface area contributed by atoms with Gasteiger partial charge in [-0.05, 0) is 25.7 Å². The molecule has 0 aromatic carbocycles. The fourth-order valence-corrected chi connectivity index (χ4v) is 3.80. The van der Waals surface area contributed by atoms with Crippen molar-refractivity contribution in [3.63, 3.8) is 0 Å². The zero-order chi connectivity index (χ0) is 13.1. The summed E-state index contributed by atoms with van der Waals surface area (Å²) in [5.74, 6) is -1.14. The van der Waals surface area contributed by atoms with E-state index in [0.29, 0.717) is 19.3 Å². The van der Waals surface area contributed by atoms with Gasteiger partial charge >= 0.3 is 5.97 Å². The maximum Gasteiger partial charge on any atom is 0.322 e. The number of carboxylic acids is 1. The third-order valence-corrected chi connectivity index (χ3v) is 5.19. The third kappa shape index (κ3) is 2.76. The summed E-state index contributed by atoms with van der Waals surface area (Å²) in [6.07, 6.45) is 1.83. The Morgan fingerprint density at radius 2 is 2.24 bits per heavy atom. The Balaban J connectivity index is 3.03. The van der Waals surface area contributed by atoms with Crippen LogP contribution in [0, 0.1) is 11.3 Å². The standard InChI is InChI=1S/C10H16N2O4S/c1-2-8(7-11)17(15,16)12-6-4-3-5-9(12)10(13)14/h8-9H,2-6H2,1H3,(H,13,14). The predicted octanol–water partition coefficient (Wildman–Crippen LogP) is 0.557. The molecule has 0 radical (unpaired) electrons. The smallest absolute Gasteiger partial charge is 0.322 e. The highest BCUT2D eigenvalue weighted by molar-refractivity contribution is 7.90. The van der Waals surface area contributed by atoms with E-state index < -0.39 is 27.3 Å². The zero-order valence-electron chi connectivity index (χ0n) is 9.66. The molecule has 0 bridgehead atoms. The lowest BCUT2D eigenvalue weighted by atomic mass is 10.1. The normalized spacial score (nSPS) is 23.9. The number of carboxylic acid groups (broad SMARTS) is 1. The van der Waals surface area contributed by atoms with Gasteiger partial charge in [0, 0.05) is 6.54 Å². The van der Waals surface area contributed by atoms with Gasteiger partial charge in [-0.1, -0.05) is 6.92 Å². The largest absolute Gasteiger partial charge is 0.480 e. The van der Waals surface area contributed by atoms with E-state index in [-0.39, 0.29) is 13.0 Å². The van der Waals surface area contributed by atoms with Crippen LogP contribution in [0.1, 0.15) is 32.6 Å². The number of rotatable bonds is 4. The summed E-state index contributed by atoms with van der Waals surface area (Å²) in [5.41, 5.74) is 0. The minimum absolute atomic E-state index is 0.168. The molecule has 1 heterocycles. The molecule has 7 heteroatoms. The van der Waals surface area contributed by atoms with Crippen LogP contribution >= 0.6 is 0 Å². The highest BCUT2D eigenvalue weighted by atomic mass is 32.2. The minimum Gasteiger partial charge on any atom is -0.480 e. The van der Waals surface area contributed by atoms with Crippen molar-refractivity contribution >= 4 is 16.0 Å². The first-order valence-corrected chi connectivity index (χ1v) is 7.08. The van der Waals surface area contributed by atoms with Crippen LogP contribution in [-0.2, 0) is 14.8 Å². The Morgan fingerprint density at radius 1 is 1.59 bits per heavy atom. The van der Waals surface area contributed by atoms with Gasteiger partial charge in [-0.25, -0.2) is 8.42 Å². The molecule has 1 saturated heterocycles. The molecule has 0 saturated carbocycles. The molecule has 96 valence electrons. The number of nitrogens with zero attached hydrogens (tertiary/aromatic N) is 2. The van der Waals surface area contributed by atoms with E-state index in [1.807, 2.05) is 0 Å². The highest BCUT2D eigenvalue weighted by Gasteiger charge is 2.40. The molecule has 1 fully saturated rings. The third-order valence-electron chi connectivity index (χ3n) is 2.94. The number of hydrogen-bond acceptors (Lipinski definition) is 4. The van der Waals surface area contributed by atoms with E-state index in [9.17, 15) is 13.2 Å². The van der Waals surface area contributed by atoms with Crippen LogP contribution in [0.3, 0.4) is 0 Å². The molecule has 6 nitrogen and oxygen atoms in total. The highest BCUT2D eigenvalue weighted by Crippen LogP contribution is 2.24. The first-order chi connectivity index (χ1) is 7.95. The molecule has 1 rings (SSSR count). The molecule has 2 atom stereocenters. The lowest BCUT2D eigenvalue weighted by Gasteiger charge is -2.32. The molecule has 1 N–H and O–H groups in total. The van der Waals surface area contributed by atoms with Crippen molar-refractivity contribution in [3.8, 4) is 6.07 Å². The summed E-state index contributed by atoms with van der Waals surface area (Å²) in [7, 11) is -3.83. The second kappa shape index (κ2) is 5.47. The van der Waals surface area contributed by atoms with Crippen molar-refractivity contribution in [1.29, 1.82) is 5.26 Å². The molecule has 0 amide bonds. The molecule has 2 unspecified atom stereocenters. The summed E-state index contributed by atoms with van der Waals surface area (Å²) in [6, 6.07) is 0.709. The number of aliphatic carboxylic acids is 1. The van der Waals surface area contributed by atoms with Crippen LogP contribution in [0.5, 0.6) is 0 Å². The second-order valence-electron chi connectivity index (χ2n) is 4.03. The van der Waals surface area contributed by atoms with Crippen LogP contribution in [0.15, 0.2) is 0 Å². The lowest BCUT2D eigenvalue weighted by molar-refractivity contribution is -0.142. The molecule has 1 aliphatic heterocycles. The SMILES string of the molecule is CCC(C#N)S(=O)(=O)N1CCCCC1C(=O)O. The van der Waals surface area contributed by atoms with E-state index in [0.717, 1.165) is 4.31 Å². The Bertz CT molecular complexity index is 426. The molecule has 0 aliphatic carbocycles. The Morgan fingerprint density at radius 3 is 2.71 bits per heavy atom. The molecule has 0 spiro atoms. The van der Waals surface area contributed by atoms with Gasteiger partial charge in [0.15, 0.2) is 5.25 Å². The monoisotopic (exact) mass is 260 g/mol. The first kappa shape index (κ1) is 13.9. The van der Waals surface area contributed by atoms with Crippen molar-refractivity contribution in [2.24, 2.45) is 0 Å². The van der Waals surface area contributed by atoms with Gasteiger partial charge in [0.1, 0.15) is 6.04 Å². The average molecular weight is 260 g/mol. The van der Waals surface area contributed by atoms with Gasteiger partial charge in [0.25, 0.3) is 0 Å². The Hall–Kier alpha value is -1.13. The van der Waals surface area contributed by atoms with E-state index in [4.69, 9.17) is 10.4 Å². The average Bonchev–Trinajstić information content (AvgIpc) is 2.30. The van der Waals surface area contributed by atoms with Crippen LogP contribution in [0.4, 0.5) is 0 Å². The topological polar surface area (TPSA) is 98.5 Å². The van der Waals surface area contributed by atoms with Crippen molar-refractivity contribution in [2.75, 3.05) is 6.54 Å². The van der Waals surface area contributed by atoms with Crippen LogP contribution in [0.2, 0.25) is 0 Å². The summed E-state index contributed by atoms with van der Waals surface area (Å²) in [6.45, 7) is 1.79. The van der Waals surface area contributed by atoms with Gasteiger partial charge in [-0.15, -0.1) is 0 Å². The van der Waals surface area contributed by atoms with E-state index in [1.165, 1.54) is 0 Å². The molecular weight excluding hydrogens is 244 g/mol. The number of sulfonamides is 1. The molecule has 0 aromatic rings. The summed E-state index contributed by atoms with van der Waals surface area (Å²) < 4.78 is 25.2. The second-order valence-corrected chi connectivity index (χ2v) is 6.10. The maximum absolute atomic E-state index is 12.1. The van der Waals surface area contributed by atoms with Crippen molar-refractivity contribution in [2.45, 2.75) is 43.9 Å². The van der Waals surface area contributed by atoms with Gasteiger partial charge in [-0.3, -0.25) is 4.79 Å². The fourth-order valence-electron chi connectivity index (χ4n) is 1.99. The number of carbonyl (C=O) groups is 1. The van der Waals surface area contributed by atoms with Gasteiger partial charge < -0.3 is 5.11 Å². The number of nitriles is 1. The summed E-state index contributed by atoms with van der Waals surface area (Å²) in [4.78, 5) is 11.0. The molecule has 17 heavy (non-hydrogen) atoms. The molecular formula is C10H16N2O4S. The molecule has 1 aliphatic rings. The lowest BCUT2D eigenvalue weighted by Crippen LogP contribution is -2.50. The van der Waals surface area contributed by atoms with E-state index in [2.05, 4.69) is 0 Å². The van der Waals surface area contributed by atoms with Gasteiger partial charge in [0.2, 0.25) is 10.0 Å². The van der Waals surface area contributed by atoms with Gasteiger partial charge in [0.05, 0.1) is 6.07 Å². The van der Waals surface area contributed by atoms with Crippen molar-refractivity contribution in [3.05, 3.63) is 0 Å². The minimum atomic E-state index is -3.83. The van der Waals surface area contributed by atoms with Crippen molar-refractivity contribution in [1.82, 2.24) is 4.31 Å². The van der Waals surface area contributed by atoms with Crippen LogP contribution in [-0.4, -0.2) is 41.6 Å². The Kier molecular flexibility index (Phi) is 4.48. The van der Waals surface area contributed by atoms with Gasteiger partial charge in [-0.2, -0.15) is 9.57 Å². The zero-order valence-corrected chi connectivity index (χ0v) is 10.5. The van der Waals surface area contributed by atoms with E-state index >= 15 is 0 Å². The fraction of sp³-hybridized carbons (Fsp3) is 0.800. The predicted molar refractivity (Wildman–Crippen MR) is 60.6 cm³/mol. The summed E-state index contributed by atoms with van der Waals surface area (Å²) in [5, 5.41) is 16.7. The number of piperidine rings is 1. The Labute approximate surface area is 101 Å². The van der Waals surface area contributed by atoms with Crippen LogP contribution in [0.25, 0.3) is 0 Å². The maximum atomic E-state index is 12.1. The quantitative estimate of drug-likeness (QED) is 0.796. The van der Waals surface area contributed by atoms with Crippen molar-refractivity contribution < 1.29 is 18.3 Å².